The van der Waals surface area contributed by atoms with Crippen LogP contribution in [0.2, 0.25) is 5.02 Å². The number of hydrogen-bond acceptors (Lipinski definition) is 2. The van der Waals surface area contributed by atoms with Gasteiger partial charge in [0.1, 0.15) is 0 Å². The van der Waals surface area contributed by atoms with Gasteiger partial charge in [-0.05, 0) is 46.9 Å². The van der Waals surface area contributed by atoms with Gasteiger partial charge in [-0.2, -0.15) is 13.2 Å². The van der Waals surface area contributed by atoms with E-state index >= 15 is 0 Å². The first-order chi connectivity index (χ1) is 9.27. The summed E-state index contributed by atoms with van der Waals surface area (Å²) in [6.07, 6.45) is -4.56. The van der Waals surface area contributed by atoms with Gasteiger partial charge >= 0.3 is 6.18 Å². The number of rotatable bonds is 2. The zero-order valence-corrected chi connectivity index (χ0v) is 13.3. The highest BCUT2D eigenvalue weighted by Crippen LogP contribution is 2.36. The number of halogens is 5. The van der Waals surface area contributed by atoms with Crippen LogP contribution in [0.1, 0.15) is 15.9 Å². The molecule has 0 radical (unpaired) electrons. The Kier molecular flexibility index (Phi) is 4.60. The maximum absolute atomic E-state index is 12.7. The SMILES string of the molecule is O=C(Nc1ccc(Cl)c(C(F)(F)F)c1)c1csc(I)c1. The second kappa shape index (κ2) is 5.90. The molecular formula is C12H6ClF3INOS. The van der Waals surface area contributed by atoms with Crippen molar-refractivity contribution in [1.29, 1.82) is 0 Å². The molecule has 0 aliphatic carbocycles. The van der Waals surface area contributed by atoms with Crippen LogP contribution in [0.3, 0.4) is 0 Å². The maximum atomic E-state index is 12.7. The second-order valence-corrected chi connectivity index (χ2v) is 7.00. The van der Waals surface area contributed by atoms with Gasteiger partial charge < -0.3 is 5.32 Å². The van der Waals surface area contributed by atoms with Crippen molar-refractivity contribution in [2.75, 3.05) is 5.32 Å². The van der Waals surface area contributed by atoms with Gasteiger partial charge in [-0.1, -0.05) is 11.6 Å². The summed E-state index contributed by atoms with van der Waals surface area (Å²) in [5, 5.41) is 3.65. The fourth-order valence-corrected chi connectivity index (χ4v) is 3.00. The molecule has 0 fully saturated rings. The Morgan fingerprint density at radius 1 is 1.30 bits per heavy atom. The van der Waals surface area contributed by atoms with Crippen LogP contribution in [-0.2, 0) is 6.18 Å². The molecule has 0 aliphatic heterocycles. The van der Waals surface area contributed by atoms with Crippen LogP contribution < -0.4 is 5.32 Å². The summed E-state index contributed by atoms with van der Waals surface area (Å²) < 4.78 is 39.0. The van der Waals surface area contributed by atoms with Crippen molar-refractivity contribution in [1.82, 2.24) is 0 Å². The predicted octanol–water partition coefficient (Wildman–Crippen LogP) is 5.28. The highest BCUT2D eigenvalue weighted by molar-refractivity contribution is 14.1. The molecule has 0 aliphatic rings. The van der Waals surface area contributed by atoms with Crippen LogP contribution in [0.4, 0.5) is 18.9 Å². The number of thiophene rings is 1. The number of benzene rings is 1. The van der Waals surface area contributed by atoms with E-state index in [1.165, 1.54) is 17.4 Å². The fraction of sp³-hybridized carbons (Fsp3) is 0.0833. The minimum absolute atomic E-state index is 0.0490. The molecule has 1 aromatic heterocycles. The molecule has 0 unspecified atom stereocenters. The molecule has 2 rings (SSSR count). The highest BCUT2D eigenvalue weighted by Gasteiger charge is 2.33. The van der Waals surface area contributed by atoms with Crippen LogP contribution >= 0.6 is 45.5 Å². The lowest BCUT2D eigenvalue weighted by Gasteiger charge is -2.11. The van der Waals surface area contributed by atoms with Crippen LogP contribution in [0.25, 0.3) is 0 Å². The molecule has 1 amide bonds. The normalized spacial score (nSPS) is 11.4. The average molecular weight is 432 g/mol. The van der Waals surface area contributed by atoms with Crippen molar-refractivity contribution in [2.45, 2.75) is 6.18 Å². The summed E-state index contributed by atoms with van der Waals surface area (Å²) in [6, 6.07) is 4.91. The summed E-state index contributed by atoms with van der Waals surface area (Å²) in [7, 11) is 0. The van der Waals surface area contributed by atoms with Crippen LogP contribution in [0, 0.1) is 2.88 Å². The molecule has 2 aromatic rings. The van der Waals surface area contributed by atoms with Crippen molar-refractivity contribution >= 4 is 57.1 Å². The van der Waals surface area contributed by atoms with E-state index in [2.05, 4.69) is 27.9 Å². The Labute approximate surface area is 135 Å². The molecule has 0 spiro atoms. The van der Waals surface area contributed by atoms with E-state index < -0.39 is 22.7 Å². The lowest BCUT2D eigenvalue weighted by atomic mass is 10.2. The van der Waals surface area contributed by atoms with E-state index in [1.54, 1.807) is 11.4 Å². The highest BCUT2D eigenvalue weighted by atomic mass is 127. The topological polar surface area (TPSA) is 29.1 Å². The quantitative estimate of drug-likeness (QED) is 0.644. The fourth-order valence-electron chi connectivity index (χ4n) is 1.45. The molecular weight excluding hydrogens is 426 g/mol. The molecule has 2 nitrogen and oxygen atoms in total. The Hall–Kier alpha value is -0.800. The summed E-state index contributed by atoms with van der Waals surface area (Å²) >= 11 is 8.94. The lowest BCUT2D eigenvalue weighted by Crippen LogP contribution is -2.12. The Balaban J connectivity index is 2.24. The van der Waals surface area contributed by atoms with E-state index in [0.717, 1.165) is 15.0 Å². The van der Waals surface area contributed by atoms with Crippen LogP contribution in [0.15, 0.2) is 29.6 Å². The first kappa shape index (κ1) is 15.6. The molecule has 0 atom stereocenters. The molecule has 0 saturated heterocycles. The summed E-state index contributed by atoms with van der Waals surface area (Å²) in [6.45, 7) is 0. The molecule has 106 valence electrons. The van der Waals surface area contributed by atoms with Gasteiger partial charge in [0.15, 0.2) is 0 Å². The lowest BCUT2D eigenvalue weighted by molar-refractivity contribution is -0.137. The number of alkyl halides is 3. The molecule has 1 N–H and O–H groups in total. The molecule has 20 heavy (non-hydrogen) atoms. The molecule has 0 saturated carbocycles. The zero-order chi connectivity index (χ0) is 14.9. The smallest absolute Gasteiger partial charge is 0.322 e. The van der Waals surface area contributed by atoms with E-state index in [1.807, 2.05) is 0 Å². The van der Waals surface area contributed by atoms with Gasteiger partial charge in [-0.3, -0.25) is 4.79 Å². The van der Waals surface area contributed by atoms with Gasteiger partial charge in [0.25, 0.3) is 5.91 Å². The first-order valence-corrected chi connectivity index (χ1v) is 7.53. The zero-order valence-electron chi connectivity index (χ0n) is 9.59. The largest absolute Gasteiger partial charge is 0.417 e. The third-order valence-corrected chi connectivity index (χ3v) is 4.48. The molecule has 0 bridgehead atoms. The third kappa shape index (κ3) is 3.64. The van der Waals surface area contributed by atoms with E-state index in [0.29, 0.717) is 5.56 Å². The number of amides is 1. The number of carbonyl (C=O) groups excluding carboxylic acids is 1. The standard InChI is InChI=1S/C12H6ClF3INOS/c13-9-2-1-7(4-8(9)12(14,15)16)18-11(19)6-3-10(17)20-5-6/h1-5H,(H,18,19). The molecule has 1 aromatic carbocycles. The number of anilines is 1. The van der Waals surface area contributed by atoms with Crippen molar-refractivity contribution in [3.05, 3.63) is 48.7 Å². The van der Waals surface area contributed by atoms with E-state index in [9.17, 15) is 18.0 Å². The predicted molar refractivity (Wildman–Crippen MR) is 81.4 cm³/mol. The Morgan fingerprint density at radius 3 is 2.55 bits per heavy atom. The van der Waals surface area contributed by atoms with Gasteiger partial charge in [0.2, 0.25) is 0 Å². The van der Waals surface area contributed by atoms with Gasteiger partial charge in [0, 0.05) is 11.1 Å². The third-order valence-electron chi connectivity index (χ3n) is 2.36. The average Bonchev–Trinajstić information content (AvgIpc) is 2.77. The van der Waals surface area contributed by atoms with Crippen LogP contribution in [0.5, 0.6) is 0 Å². The van der Waals surface area contributed by atoms with Gasteiger partial charge in [-0.15, -0.1) is 11.3 Å². The van der Waals surface area contributed by atoms with Crippen molar-refractivity contribution < 1.29 is 18.0 Å². The molecule has 1 heterocycles. The summed E-state index contributed by atoms with van der Waals surface area (Å²) in [4.78, 5) is 11.9. The van der Waals surface area contributed by atoms with Gasteiger partial charge in [-0.25, -0.2) is 0 Å². The van der Waals surface area contributed by atoms with Crippen molar-refractivity contribution in [3.8, 4) is 0 Å². The number of nitrogens with one attached hydrogen (secondary N) is 1. The second-order valence-electron chi connectivity index (χ2n) is 3.79. The first-order valence-electron chi connectivity index (χ1n) is 5.19. The van der Waals surface area contributed by atoms with Crippen molar-refractivity contribution in [3.63, 3.8) is 0 Å². The molecule has 8 heteroatoms. The minimum Gasteiger partial charge on any atom is -0.322 e. The van der Waals surface area contributed by atoms with Gasteiger partial charge in [0.05, 0.1) is 19.0 Å². The van der Waals surface area contributed by atoms with Crippen LogP contribution in [-0.4, -0.2) is 5.91 Å². The summed E-state index contributed by atoms with van der Waals surface area (Å²) in [5.74, 6) is -0.459. The minimum atomic E-state index is -4.56. The van der Waals surface area contributed by atoms with E-state index in [4.69, 9.17) is 11.6 Å². The summed E-state index contributed by atoms with van der Waals surface area (Å²) in [5.41, 5.74) is -0.521. The van der Waals surface area contributed by atoms with E-state index in [-0.39, 0.29) is 5.69 Å². The van der Waals surface area contributed by atoms with Crippen molar-refractivity contribution in [2.24, 2.45) is 0 Å². The Bertz CT molecular complexity index is 656. The Morgan fingerprint density at radius 2 is 2.00 bits per heavy atom. The monoisotopic (exact) mass is 431 g/mol. The number of hydrogen-bond donors (Lipinski definition) is 1. The maximum Gasteiger partial charge on any atom is 0.417 e. The number of carbonyl (C=O) groups is 1.